The summed E-state index contributed by atoms with van der Waals surface area (Å²) < 4.78 is 5.19. The van der Waals surface area contributed by atoms with Gasteiger partial charge in [-0.1, -0.05) is 90.7 Å². The SMILES string of the molecule is O=C(NCC#Cc1cc2ccccc2c2ccccc12)OCc1ccccc1. The Morgan fingerprint density at radius 2 is 1.50 bits per heavy atom. The largest absolute Gasteiger partial charge is 0.445 e. The van der Waals surface area contributed by atoms with E-state index in [1.54, 1.807) is 0 Å². The molecular formula is C25H19NO2. The Balaban J connectivity index is 1.45. The third-order valence-corrected chi connectivity index (χ3v) is 4.52. The van der Waals surface area contributed by atoms with E-state index in [0.717, 1.165) is 21.9 Å². The molecule has 4 aromatic carbocycles. The number of hydrogen-bond acceptors (Lipinski definition) is 2. The van der Waals surface area contributed by atoms with Crippen molar-refractivity contribution in [1.82, 2.24) is 5.32 Å². The lowest BCUT2D eigenvalue weighted by molar-refractivity contribution is 0.141. The molecule has 0 aliphatic heterocycles. The summed E-state index contributed by atoms with van der Waals surface area (Å²) in [5.41, 5.74) is 1.90. The van der Waals surface area contributed by atoms with Crippen LogP contribution < -0.4 is 5.32 Å². The molecule has 3 nitrogen and oxygen atoms in total. The molecule has 0 spiro atoms. The van der Waals surface area contributed by atoms with Gasteiger partial charge in [0.1, 0.15) is 6.61 Å². The molecular weight excluding hydrogens is 346 g/mol. The van der Waals surface area contributed by atoms with E-state index in [0.29, 0.717) is 0 Å². The van der Waals surface area contributed by atoms with Crippen molar-refractivity contribution in [3.63, 3.8) is 0 Å². The van der Waals surface area contributed by atoms with Gasteiger partial charge in [0.25, 0.3) is 0 Å². The first-order valence-electron chi connectivity index (χ1n) is 9.15. The Bertz CT molecular complexity index is 1190. The summed E-state index contributed by atoms with van der Waals surface area (Å²) in [6.07, 6.45) is -0.471. The maximum atomic E-state index is 11.8. The molecule has 0 saturated carbocycles. The van der Waals surface area contributed by atoms with E-state index >= 15 is 0 Å². The zero-order valence-electron chi connectivity index (χ0n) is 15.3. The van der Waals surface area contributed by atoms with E-state index in [9.17, 15) is 4.79 Å². The number of nitrogens with one attached hydrogen (secondary N) is 1. The topological polar surface area (TPSA) is 38.3 Å². The van der Waals surface area contributed by atoms with Crippen LogP contribution in [0.15, 0.2) is 84.9 Å². The molecule has 0 unspecified atom stereocenters. The lowest BCUT2D eigenvalue weighted by Crippen LogP contribution is -2.24. The zero-order chi connectivity index (χ0) is 19.2. The van der Waals surface area contributed by atoms with Crippen LogP contribution in [-0.2, 0) is 11.3 Å². The number of rotatable bonds is 3. The highest BCUT2D eigenvalue weighted by Crippen LogP contribution is 2.28. The van der Waals surface area contributed by atoms with Crippen molar-refractivity contribution in [1.29, 1.82) is 0 Å². The second-order valence-corrected chi connectivity index (χ2v) is 6.41. The summed E-state index contributed by atoms with van der Waals surface area (Å²) in [6, 6.07) is 28.2. The predicted octanol–water partition coefficient (Wildman–Crippen LogP) is 5.27. The van der Waals surface area contributed by atoms with Crippen molar-refractivity contribution in [2.75, 3.05) is 6.54 Å². The summed E-state index contributed by atoms with van der Waals surface area (Å²) in [7, 11) is 0. The van der Waals surface area contributed by atoms with Crippen LogP contribution in [0.1, 0.15) is 11.1 Å². The van der Waals surface area contributed by atoms with Gasteiger partial charge in [0.2, 0.25) is 0 Å². The molecule has 0 aliphatic rings. The van der Waals surface area contributed by atoms with E-state index in [1.807, 2.05) is 54.6 Å². The predicted molar refractivity (Wildman–Crippen MR) is 113 cm³/mol. The smallest absolute Gasteiger partial charge is 0.408 e. The number of fused-ring (bicyclic) bond motifs is 3. The molecule has 4 aromatic rings. The fourth-order valence-electron chi connectivity index (χ4n) is 3.19. The molecule has 0 saturated heterocycles. The van der Waals surface area contributed by atoms with Gasteiger partial charge in [-0.15, -0.1) is 0 Å². The van der Waals surface area contributed by atoms with Crippen LogP contribution in [-0.4, -0.2) is 12.6 Å². The van der Waals surface area contributed by atoms with Crippen LogP contribution in [0.2, 0.25) is 0 Å². The Hall–Kier alpha value is -3.77. The second-order valence-electron chi connectivity index (χ2n) is 6.41. The molecule has 0 aliphatic carbocycles. The average molecular weight is 365 g/mol. The Kier molecular flexibility index (Phi) is 5.22. The van der Waals surface area contributed by atoms with Crippen molar-refractivity contribution in [3.8, 4) is 11.8 Å². The first-order valence-corrected chi connectivity index (χ1v) is 9.15. The molecule has 136 valence electrons. The van der Waals surface area contributed by atoms with Gasteiger partial charge < -0.3 is 10.1 Å². The highest BCUT2D eigenvalue weighted by molar-refractivity contribution is 6.09. The number of carbonyl (C=O) groups is 1. The third kappa shape index (κ3) is 3.97. The quantitative estimate of drug-likeness (QED) is 0.397. The number of hydrogen-bond donors (Lipinski definition) is 1. The molecule has 0 radical (unpaired) electrons. The molecule has 0 heterocycles. The maximum absolute atomic E-state index is 11.8. The number of carbonyl (C=O) groups excluding carboxylic acids is 1. The molecule has 28 heavy (non-hydrogen) atoms. The second kappa shape index (κ2) is 8.28. The zero-order valence-corrected chi connectivity index (χ0v) is 15.3. The monoisotopic (exact) mass is 365 g/mol. The molecule has 0 atom stereocenters. The lowest BCUT2D eigenvalue weighted by atomic mass is 9.97. The van der Waals surface area contributed by atoms with Gasteiger partial charge in [0, 0.05) is 5.56 Å². The summed E-state index contributed by atoms with van der Waals surface area (Å²) in [5.74, 6) is 6.21. The number of benzene rings is 4. The lowest BCUT2D eigenvalue weighted by Gasteiger charge is -2.06. The first kappa shape index (κ1) is 17.6. The van der Waals surface area contributed by atoms with Crippen molar-refractivity contribution < 1.29 is 9.53 Å². The molecule has 0 aromatic heterocycles. The molecule has 1 N–H and O–H groups in total. The third-order valence-electron chi connectivity index (χ3n) is 4.52. The number of alkyl carbamates (subject to hydrolysis) is 1. The molecule has 4 rings (SSSR count). The number of ether oxygens (including phenoxy) is 1. The van der Waals surface area contributed by atoms with Crippen LogP contribution in [0.25, 0.3) is 21.5 Å². The van der Waals surface area contributed by atoms with Gasteiger partial charge in [-0.2, -0.15) is 0 Å². The van der Waals surface area contributed by atoms with Crippen molar-refractivity contribution in [2.45, 2.75) is 6.61 Å². The minimum atomic E-state index is -0.471. The fourth-order valence-corrected chi connectivity index (χ4v) is 3.19. The van der Waals surface area contributed by atoms with Crippen LogP contribution in [0.4, 0.5) is 4.79 Å². The Morgan fingerprint density at radius 3 is 2.32 bits per heavy atom. The maximum Gasteiger partial charge on any atom is 0.408 e. The van der Waals surface area contributed by atoms with E-state index in [4.69, 9.17) is 4.74 Å². The Morgan fingerprint density at radius 1 is 0.821 bits per heavy atom. The first-order chi connectivity index (χ1) is 13.8. The van der Waals surface area contributed by atoms with E-state index in [-0.39, 0.29) is 13.2 Å². The summed E-state index contributed by atoms with van der Waals surface area (Å²) in [5, 5.41) is 7.33. The van der Waals surface area contributed by atoms with Crippen molar-refractivity contribution in [3.05, 3.63) is 96.1 Å². The minimum Gasteiger partial charge on any atom is -0.445 e. The molecule has 3 heteroatoms. The summed E-state index contributed by atoms with van der Waals surface area (Å²) >= 11 is 0. The molecule has 0 fully saturated rings. The highest BCUT2D eigenvalue weighted by Gasteiger charge is 2.04. The van der Waals surface area contributed by atoms with E-state index < -0.39 is 6.09 Å². The van der Waals surface area contributed by atoms with Gasteiger partial charge in [-0.3, -0.25) is 0 Å². The van der Waals surface area contributed by atoms with Gasteiger partial charge in [-0.25, -0.2) is 4.79 Å². The van der Waals surface area contributed by atoms with Crippen LogP contribution in [0.5, 0.6) is 0 Å². The van der Waals surface area contributed by atoms with Gasteiger partial charge in [-0.05, 0) is 33.2 Å². The number of amides is 1. The standard InChI is InChI=1S/C25H19NO2/c27-25(28-18-19-9-2-1-3-10-19)26-16-8-12-21-17-20-11-4-5-13-22(20)24-15-7-6-14-23(21)24/h1-7,9-11,13-15,17H,16,18H2,(H,26,27). The van der Waals surface area contributed by atoms with Gasteiger partial charge in [0.15, 0.2) is 0 Å². The van der Waals surface area contributed by atoms with E-state index in [1.165, 1.54) is 10.8 Å². The normalized spacial score (nSPS) is 10.3. The van der Waals surface area contributed by atoms with Crippen LogP contribution >= 0.6 is 0 Å². The van der Waals surface area contributed by atoms with E-state index in [2.05, 4.69) is 47.5 Å². The summed E-state index contributed by atoms with van der Waals surface area (Å²) in [4.78, 5) is 11.8. The minimum absolute atomic E-state index is 0.231. The van der Waals surface area contributed by atoms with Crippen molar-refractivity contribution in [2.24, 2.45) is 0 Å². The molecule has 1 amide bonds. The highest BCUT2D eigenvalue weighted by atomic mass is 16.5. The van der Waals surface area contributed by atoms with Crippen LogP contribution in [0.3, 0.4) is 0 Å². The average Bonchev–Trinajstić information content (AvgIpc) is 2.76. The van der Waals surface area contributed by atoms with Gasteiger partial charge >= 0.3 is 6.09 Å². The summed E-state index contributed by atoms with van der Waals surface area (Å²) in [6.45, 7) is 0.476. The van der Waals surface area contributed by atoms with Crippen LogP contribution in [0, 0.1) is 11.8 Å². The molecule has 0 bridgehead atoms. The van der Waals surface area contributed by atoms with Gasteiger partial charge in [0.05, 0.1) is 6.54 Å². The van der Waals surface area contributed by atoms with Crippen molar-refractivity contribution >= 4 is 27.6 Å². The fraction of sp³-hybridized carbons (Fsp3) is 0.0800. The Labute approximate surface area is 164 Å².